The van der Waals surface area contributed by atoms with Gasteiger partial charge in [-0.2, -0.15) is 13.2 Å². The third kappa shape index (κ3) is 11.3. The van der Waals surface area contributed by atoms with Crippen molar-refractivity contribution in [1.29, 1.82) is 0 Å². The van der Waals surface area contributed by atoms with E-state index in [1.54, 1.807) is 31.2 Å². The molecule has 7 atom stereocenters. The first kappa shape index (κ1) is 52.2. The van der Waals surface area contributed by atoms with Gasteiger partial charge in [0.2, 0.25) is 27.4 Å². The maximum absolute atomic E-state index is 15.2. The molecule has 20 heteroatoms. The minimum Gasteiger partial charge on any atom is -0.497 e. The number of benzene rings is 2. The first-order valence-corrected chi connectivity index (χ1v) is 25.3. The fourth-order valence-electron chi connectivity index (χ4n) is 9.59. The number of fused-ring (bicyclic) bond motifs is 4. The number of halogens is 4. The zero-order chi connectivity index (χ0) is 51.0. The maximum atomic E-state index is 15.2. The van der Waals surface area contributed by atoms with Gasteiger partial charge in [0.1, 0.15) is 52.4 Å². The van der Waals surface area contributed by atoms with Gasteiger partial charge in [-0.05, 0) is 133 Å². The summed E-state index contributed by atoms with van der Waals surface area (Å²) in [6.45, 7) is 7.35. The highest BCUT2D eigenvalue weighted by molar-refractivity contribution is 7.91. The number of hydrogen-bond donors (Lipinski definition) is 3. The highest BCUT2D eigenvalue weighted by atomic mass is 32.2. The van der Waals surface area contributed by atoms with Gasteiger partial charge in [-0.25, -0.2) is 22.6 Å². The van der Waals surface area contributed by atoms with E-state index in [0.29, 0.717) is 78.9 Å². The summed E-state index contributed by atoms with van der Waals surface area (Å²) in [5.74, 6) is -2.22. The normalized spacial score (nSPS) is 26.8. The van der Waals surface area contributed by atoms with Crippen LogP contribution in [-0.2, 0) is 29.1 Å². The second kappa shape index (κ2) is 20.2. The first-order valence-electron chi connectivity index (χ1n) is 23.8. The van der Waals surface area contributed by atoms with Crippen LogP contribution in [0, 0.1) is 17.8 Å². The van der Waals surface area contributed by atoms with Gasteiger partial charge in [0.15, 0.2) is 0 Å². The van der Waals surface area contributed by atoms with Gasteiger partial charge >= 0.3 is 12.3 Å². The molecule has 3 aromatic rings. The van der Waals surface area contributed by atoms with Crippen molar-refractivity contribution in [1.82, 2.24) is 25.2 Å². The van der Waals surface area contributed by atoms with E-state index in [1.165, 1.54) is 12.0 Å². The average Bonchev–Trinajstić information content (AvgIpc) is 3.84. The fraction of sp³-hybridized carbons (Fsp3) is 0.580. The van der Waals surface area contributed by atoms with Crippen molar-refractivity contribution < 1.29 is 64.1 Å². The molecule has 0 radical (unpaired) electrons. The Kier molecular flexibility index (Phi) is 15.1. The number of nitrogens with zero attached hydrogens (tertiary/aromatic N) is 2. The molecule has 7 rings (SSSR count). The molecule has 382 valence electrons. The molecule has 1 aromatic heterocycles. The zero-order valence-electron chi connectivity index (χ0n) is 40.5. The van der Waals surface area contributed by atoms with Crippen molar-refractivity contribution in [2.24, 2.45) is 17.8 Å². The summed E-state index contributed by atoms with van der Waals surface area (Å²) in [7, 11) is -3.00. The smallest absolute Gasteiger partial charge is 0.427 e. The summed E-state index contributed by atoms with van der Waals surface area (Å²) in [6.07, 6.45) is -1.80. The van der Waals surface area contributed by atoms with Crippen molar-refractivity contribution in [2.45, 2.75) is 146 Å². The molecule has 2 aromatic carbocycles. The molecular formula is C50H63F4N5O10S. The van der Waals surface area contributed by atoms with E-state index < -0.39 is 86.7 Å². The van der Waals surface area contributed by atoms with Gasteiger partial charge in [0, 0.05) is 29.5 Å². The monoisotopic (exact) mass is 1000 g/mol. The fourth-order valence-corrected chi connectivity index (χ4v) is 11.0. The number of methoxy groups -OCH3 is 1. The number of hydrogen-bond acceptors (Lipinski definition) is 11. The van der Waals surface area contributed by atoms with Gasteiger partial charge in [-0.1, -0.05) is 26.0 Å². The highest BCUT2D eigenvalue weighted by Gasteiger charge is 2.58. The van der Waals surface area contributed by atoms with Crippen LogP contribution in [0.3, 0.4) is 0 Å². The average molecular weight is 1000 g/mol. The Labute approximate surface area is 405 Å². The summed E-state index contributed by atoms with van der Waals surface area (Å²) in [5, 5.41) is 5.81. The van der Waals surface area contributed by atoms with Crippen LogP contribution in [0.4, 0.5) is 22.4 Å². The van der Waals surface area contributed by atoms with Crippen molar-refractivity contribution in [3.8, 4) is 28.5 Å². The molecule has 4 amide bonds. The molecule has 2 bridgehead atoms. The van der Waals surface area contributed by atoms with Crippen LogP contribution >= 0.6 is 0 Å². The van der Waals surface area contributed by atoms with Crippen LogP contribution in [-0.4, -0.2) is 109 Å². The minimum absolute atomic E-state index is 0.00275. The molecule has 2 aliphatic heterocycles. The van der Waals surface area contributed by atoms with Crippen LogP contribution < -0.4 is 29.6 Å². The molecule has 0 spiro atoms. The van der Waals surface area contributed by atoms with Crippen LogP contribution in [0.15, 0.2) is 60.7 Å². The van der Waals surface area contributed by atoms with Crippen molar-refractivity contribution in [2.75, 3.05) is 20.3 Å². The number of carbonyl (C=O) groups excluding carboxylic acids is 4. The molecule has 0 unspecified atom stereocenters. The number of pyridine rings is 1. The topological polar surface area (TPSA) is 192 Å². The minimum atomic E-state index is -4.95. The van der Waals surface area contributed by atoms with E-state index in [1.807, 2.05) is 57.2 Å². The molecule has 3 N–H and O–H groups in total. The number of nitrogens with one attached hydrogen (secondary N) is 3. The van der Waals surface area contributed by atoms with E-state index in [-0.39, 0.29) is 56.6 Å². The SMILES string of the molecule is COc1ccc2c(O[C@@H]3C[C@@H]4C(=O)N[C@@]5(C(=O)NS(=O)(=O)C6(CF)CC6)CC[C@@H](/C=C\CC[C@@H](C)C[C@@H](C)[C@H](NC(=O)OC(C)(C)C(F)(F)F)C(=O)N4C3)C5)cc(-c3ccc(OC(C)C)cc3)nc2c1. The number of alkyl carbamates (subject to hydrolysis) is 1. The van der Waals surface area contributed by atoms with Crippen molar-refractivity contribution >= 4 is 44.7 Å². The molecule has 1 saturated heterocycles. The predicted molar refractivity (Wildman–Crippen MR) is 252 cm³/mol. The Bertz CT molecular complexity index is 2590. The zero-order valence-corrected chi connectivity index (χ0v) is 41.3. The number of rotatable bonds is 12. The molecule has 2 aliphatic carbocycles. The number of amides is 4. The van der Waals surface area contributed by atoms with Crippen LogP contribution in [0.2, 0.25) is 0 Å². The lowest BCUT2D eigenvalue weighted by atomic mass is 9.87. The Balaban J connectivity index is 1.28. The van der Waals surface area contributed by atoms with Gasteiger partial charge in [-0.15, -0.1) is 0 Å². The van der Waals surface area contributed by atoms with Gasteiger partial charge in [-0.3, -0.25) is 19.1 Å². The summed E-state index contributed by atoms with van der Waals surface area (Å²) in [6, 6.07) is 11.3. The quantitative estimate of drug-likeness (QED) is 0.117. The second-order valence-electron chi connectivity index (χ2n) is 20.2. The molecule has 15 nitrogen and oxygen atoms in total. The van der Waals surface area contributed by atoms with Crippen molar-refractivity contribution in [3.05, 3.63) is 60.7 Å². The summed E-state index contributed by atoms with van der Waals surface area (Å²) in [4.78, 5) is 64.0. The van der Waals surface area contributed by atoms with Gasteiger partial charge in [0.25, 0.3) is 5.91 Å². The lowest BCUT2D eigenvalue weighted by Crippen LogP contribution is -2.63. The summed E-state index contributed by atoms with van der Waals surface area (Å²) < 4.78 is 106. The number of sulfonamides is 1. The van der Waals surface area contributed by atoms with E-state index in [0.717, 1.165) is 0 Å². The third-order valence-electron chi connectivity index (χ3n) is 14.0. The lowest BCUT2D eigenvalue weighted by molar-refractivity contribution is -0.244. The second-order valence-corrected chi connectivity index (χ2v) is 22.3. The molecule has 2 saturated carbocycles. The van der Waals surface area contributed by atoms with Gasteiger partial charge < -0.3 is 34.5 Å². The number of carbonyl (C=O) groups is 4. The largest absolute Gasteiger partial charge is 0.497 e. The maximum Gasteiger partial charge on any atom is 0.427 e. The number of allylic oxidation sites excluding steroid dienone is 2. The van der Waals surface area contributed by atoms with Crippen LogP contribution in [0.1, 0.15) is 99.3 Å². The van der Waals surface area contributed by atoms with E-state index >= 15 is 4.79 Å². The molecule has 70 heavy (non-hydrogen) atoms. The molecule has 3 fully saturated rings. The molecule has 4 aliphatic rings. The summed E-state index contributed by atoms with van der Waals surface area (Å²) >= 11 is 0. The lowest BCUT2D eigenvalue weighted by Gasteiger charge is -2.35. The Morgan fingerprint density at radius 1 is 0.986 bits per heavy atom. The predicted octanol–water partition coefficient (Wildman–Crippen LogP) is 8.10. The standard InChI is InChI=1S/C50H63F4N5O10S/c1-29(2)67-34-14-12-33(13-15-34)38-25-41(37-17-16-35(66-7)23-39(37)55-38)68-36-24-40-43(60)57-49(45(62)58-70(64,65)48(28-51)20-21-48)19-18-32(26-49)11-9-8-10-30(3)22-31(4)42(44(61)59(40)27-36)56-46(63)69-47(5,6)50(52,53)54/h9,11-17,23,25,29-32,36,40,42H,8,10,18-22,24,26-28H2,1-7H3,(H,56,63)(H,57,60)(H,58,62)/b11-9-/t30-,31-,32-,36-,40-,42+,49+/m1/s1. The first-order chi connectivity index (χ1) is 32.9. The van der Waals surface area contributed by atoms with Crippen molar-refractivity contribution in [3.63, 3.8) is 0 Å². The van der Waals surface area contributed by atoms with E-state index in [9.17, 15) is 40.4 Å². The van der Waals surface area contributed by atoms with E-state index in [2.05, 4.69) is 15.4 Å². The van der Waals surface area contributed by atoms with Crippen LogP contribution in [0.25, 0.3) is 22.2 Å². The number of aromatic nitrogens is 1. The summed E-state index contributed by atoms with van der Waals surface area (Å²) in [5.41, 5.74) is -3.03. The Hall–Kier alpha value is -5.66. The number of alkyl halides is 4. The highest BCUT2D eigenvalue weighted by Crippen LogP contribution is 2.45. The Morgan fingerprint density at radius 2 is 1.69 bits per heavy atom. The Morgan fingerprint density at radius 3 is 2.33 bits per heavy atom. The third-order valence-corrected chi connectivity index (χ3v) is 16.1. The van der Waals surface area contributed by atoms with Crippen LogP contribution in [0.5, 0.6) is 17.2 Å². The van der Waals surface area contributed by atoms with E-state index in [4.69, 9.17) is 23.9 Å². The molecule has 3 heterocycles. The number of ether oxygens (including phenoxy) is 4. The van der Waals surface area contributed by atoms with Gasteiger partial charge in [0.05, 0.1) is 31.0 Å². The molecular weight excluding hydrogens is 939 g/mol.